The monoisotopic (exact) mass is 337 g/mol. The van der Waals surface area contributed by atoms with E-state index in [2.05, 4.69) is 25.2 Å². The summed E-state index contributed by atoms with van der Waals surface area (Å²) in [4.78, 5) is 30.4. The first kappa shape index (κ1) is 17.8. The number of carbonyl (C=O) groups excluding carboxylic acids is 2. The molecule has 2 rings (SSSR count). The van der Waals surface area contributed by atoms with Gasteiger partial charge >= 0.3 is 6.03 Å². The topological polar surface area (TPSA) is 52.7 Å². The number of hydrogen-bond donors (Lipinski definition) is 1. The number of urea groups is 1. The minimum absolute atomic E-state index is 0.00794. The lowest BCUT2D eigenvalue weighted by atomic mass is 9.96. The summed E-state index contributed by atoms with van der Waals surface area (Å²) >= 11 is 1.76. The van der Waals surface area contributed by atoms with Gasteiger partial charge in [-0.25, -0.2) is 4.79 Å². The van der Waals surface area contributed by atoms with E-state index in [1.807, 2.05) is 11.8 Å². The molecule has 1 aliphatic heterocycles. The summed E-state index contributed by atoms with van der Waals surface area (Å²) in [6, 6.07) is 2.12. The molecule has 0 spiro atoms. The lowest BCUT2D eigenvalue weighted by molar-refractivity contribution is -0.134. The number of nitrogens with zero attached hydrogens (tertiary/aromatic N) is 2. The third kappa shape index (κ3) is 4.25. The SMILES string of the molecule is Cc1cc([C@H](C)NC(=O)N2CCC(C(=O)N(C)C)CC2)c(C)s1. The van der Waals surface area contributed by atoms with Crippen LogP contribution >= 0.6 is 11.3 Å². The Hall–Kier alpha value is -1.56. The Bertz CT molecular complexity index is 574. The van der Waals surface area contributed by atoms with Crippen molar-refractivity contribution in [3.8, 4) is 0 Å². The maximum atomic E-state index is 12.4. The molecule has 0 bridgehead atoms. The number of piperidine rings is 1. The van der Waals surface area contributed by atoms with Crippen LogP contribution in [0.1, 0.15) is 41.1 Å². The van der Waals surface area contributed by atoms with Crippen molar-refractivity contribution in [3.63, 3.8) is 0 Å². The van der Waals surface area contributed by atoms with Crippen LogP contribution in [0.4, 0.5) is 4.79 Å². The fraction of sp³-hybridized carbons (Fsp3) is 0.647. The molecule has 1 saturated heterocycles. The predicted octanol–water partition coefficient (Wildman–Crippen LogP) is 2.94. The van der Waals surface area contributed by atoms with E-state index in [9.17, 15) is 9.59 Å². The van der Waals surface area contributed by atoms with Gasteiger partial charge in [0.25, 0.3) is 0 Å². The first-order chi connectivity index (χ1) is 10.8. The van der Waals surface area contributed by atoms with Crippen LogP contribution in [0.3, 0.4) is 0 Å². The van der Waals surface area contributed by atoms with Crippen molar-refractivity contribution in [3.05, 3.63) is 21.4 Å². The summed E-state index contributed by atoms with van der Waals surface area (Å²) in [5, 5.41) is 3.09. The Morgan fingerprint density at radius 1 is 1.30 bits per heavy atom. The summed E-state index contributed by atoms with van der Waals surface area (Å²) in [5.74, 6) is 0.219. The zero-order valence-corrected chi connectivity index (χ0v) is 15.5. The zero-order chi connectivity index (χ0) is 17.1. The number of rotatable bonds is 3. The van der Waals surface area contributed by atoms with Crippen LogP contribution in [0.15, 0.2) is 6.07 Å². The van der Waals surface area contributed by atoms with Gasteiger partial charge in [-0.1, -0.05) is 0 Å². The van der Waals surface area contributed by atoms with E-state index in [4.69, 9.17) is 0 Å². The van der Waals surface area contributed by atoms with Gasteiger partial charge in [-0.2, -0.15) is 0 Å². The highest BCUT2D eigenvalue weighted by molar-refractivity contribution is 7.12. The van der Waals surface area contributed by atoms with Gasteiger partial charge in [-0.05, 0) is 45.2 Å². The van der Waals surface area contributed by atoms with Crippen LogP contribution in [0.2, 0.25) is 0 Å². The van der Waals surface area contributed by atoms with E-state index in [-0.39, 0.29) is 23.9 Å². The van der Waals surface area contributed by atoms with Crippen LogP contribution in [-0.2, 0) is 4.79 Å². The van der Waals surface area contributed by atoms with Gasteiger partial charge in [-0.15, -0.1) is 11.3 Å². The van der Waals surface area contributed by atoms with Crippen molar-refractivity contribution in [1.29, 1.82) is 0 Å². The molecule has 1 fully saturated rings. The molecule has 23 heavy (non-hydrogen) atoms. The van der Waals surface area contributed by atoms with E-state index in [1.165, 1.54) is 15.3 Å². The quantitative estimate of drug-likeness (QED) is 0.922. The van der Waals surface area contributed by atoms with E-state index in [1.54, 1.807) is 30.3 Å². The molecule has 0 aromatic carbocycles. The van der Waals surface area contributed by atoms with E-state index < -0.39 is 0 Å². The van der Waals surface area contributed by atoms with E-state index in [0.29, 0.717) is 13.1 Å². The van der Waals surface area contributed by atoms with Crippen LogP contribution in [0.25, 0.3) is 0 Å². The van der Waals surface area contributed by atoms with Crippen molar-refractivity contribution in [1.82, 2.24) is 15.1 Å². The number of nitrogens with one attached hydrogen (secondary N) is 1. The van der Waals surface area contributed by atoms with Gasteiger partial charge in [-0.3, -0.25) is 4.79 Å². The van der Waals surface area contributed by atoms with E-state index in [0.717, 1.165) is 12.8 Å². The normalized spacial score (nSPS) is 17.0. The average molecular weight is 337 g/mol. The fourth-order valence-electron chi connectivity index (χ4n) is 3.13. The molecular weight excluding hydrogens is 310 g/mol. The molecule has 1 aromatic heterocycles. The largest absolute Gasteiger partial charge is 0.349 e. The van der Waals surface area contributed by atoms with Crippen molar-refractivity contribution < 1.29 is 9.59 Å². The minimum Gasteiger partial charge on any atom is -0.349 e. The molecule has 0 unspecified atom stereocenters. The van der Waals surface area contributed by atoms with Crippen LogP contribution in [0.5, 0.6) is 0 Å². The molecule has 6 heteroatoms. The van der Waals surface area contributed by atoms with Gasteiger partial charge in [0.1, 0.15) is 0 Å². The van der Waals surface area contributed by atoms with E-state index >= 15 is 0 Å². The Morgan fingerprint density at radius 2 is 1.91 bits per heavy atom. The molecule has 1 N–H and O–H groups in total. The first-order valence-electron chi connectivity index (χ1n) is 8.13. The highest BCUT2D eigenvalue weighted by Gasteiger charge is 2.28. The van der Waals surface area contributed by atoms with Gasteiger partial charge in [0.15, 0.2) is 0 Å². The zero-order valence-electron chi connectivity index (χ0n) is 14.7. The summed E-state index contributed by atoms with van der Waals surface area (Å²) in [5.41, 5.74) is 1.19. The Balaban J connectivity index is 1.88. The molecule has 1 aromatic rings. The lowest BCUT2D eigenvalue weighted by Crippen LogP contribution is -2.47. The highest BCUT2D eigenvalue weighted by Crippen LogP contribution is 2.26. The number of thiophene rings is 1. The van der Waals surface area contributed by atoms with Crippen molar-refractivity contribution in [2.24, 2.45) is 5.92 Å². The first-order valence-corrected chi connectivity index (χ1v) is 8.94. The van der Waals surface area contributed by atoms with Gasteiger partial charge < -0.3 is 15.1 Å². The van der Waals surface area contributed by atoms with Gasteiger partial charge in [0.2, 0.25) is 5.91 Å². The lowest BCUT2D eigenvalue weighted by Gasteiger charge is -2.33. The van der Waals surface area contributed by atoms with Gasteiger partial charge in [0.05, 0.1) is 6.04 Å². The van der Waals surface area contributed by atoms with Crippen LogP contribution in [0, 0.1) is 19.8 Å². The second-order valence-corrected chi connectivity index (χ2v) is 7.99. The van der Waals surface area contributed by atoms with Gasteiger partial charge in [0, 0.05) is 42.9 Å². The average Bonchev–Trinajstić information content (AvgIpc) is 2.85. The Morgan fingerprint density at radius 3 is 2.39 bits per heavy atom. The Kier molecular flexibility index (Phi) is 5.68. The molecule has 0 saturated carbocycles. The summed E-state index contributed by atoms with van der Waals surface area (Å²) < 4.78 is 0. The number of hydrogen-bond acceptors (Lipinski definition) is 3. The molecule has 3 amide bonds. The highest BCUT2D eigenvalue weighted by atomic mass is 32.1. The fourth-order valence-corrected chi connectivity index (χ4v) is 4.15. The molecule has 128 valence electrons. The third-order valence-electron chi connectivity index (χ3n) is 4.46. The maximum Gasteiger partial charge on any atom is 0.317 e. The number of likely N-dealkylation sites (tertiary alicyclic amines) is 1. The molecule has 1 atom stereocenters. The summed E-state index contributed by atoms with van der Waals surface area (Å²) in [6.07, 6.45) is 1.49. The maximum absolute atomic E-state index is 12.4. The number of carbonyl (C=O) groups is 2. The predicted molar refractivity (Wildman–Crippen MR) is 93.7 cm³/mol. The van der Waals surface area contributed by atoms with Crippen LogP contribution < -0.4 is 5.32 Å². The van der Waals surface area contributed by atoms with Crippen LogP contribution in [-0.4, -0.2) is 48.9 Å². The molecule has 0 aliphatic carbocycles. The summed E-state index contributed by atoms with van der Waals surface area (Å²) in [6.45, 7) is 7.49. The molecule has 2 heterocycles. The summed E-state index contributed by atoms with van der Waals surface area (Å²) in [7, 11) is 3.57. The smallest absolute Gasteiger partial charge is 0.317 e. The molecule has 5 nitrogen and oxygen atoms in total. The standard InChI is InChI=1S/C17H27N3O2S/c1-11-10-15(13(3)23-11)12(2)18-17(22)20-8-6-14(7-9-20)16(21)19(4)5/h10,12,14H,6-9H2,1-5H3,(H,18,22)/t12-/m0/s1. The molecule has 0 radical (unpaired) electrons. The third-order valence-corrected chi connectivity index (χ3v) is 5.44. The second-order valence-electron chi connectivity index (χ2n) is 6.53. The minimum atomic E-state index is -0.0310. The van der Waals surface area contributed by atoms with Crippen molar-refractivity contribution in [2.75, 3.05) is 27.2 Å². The Labute approximate surface area is 142 Å². The number of aryl methyl sites for hydroxylation is 2. The second kappa shape index (κ2) is 7.34. The molecule has 1 aliphatic rings. The number of amides is 3. The van der Waals surface area contributed by atoms with Crippen molar-refractivity contribution in [2.45, 2.75) is 39.7 Å². The van der Waals surface area contributed by atoms with Crippen molar-refractivity contribution >= 4 is 23.3 Å². The molecular formula is C17H27N3O2S.